The van der Waals surface area contributed by atoms with Crippen molar-refractivity contribution in [3.8, 4) is 5.69 Å². The van der Waals surface area contributed by atoms with Crippen LogP contribution in [0.1, 0.15) is 18.9 Å². The van der Waals surface area contributed by atoms with E-state index in [1.807, 2.05) is 16.9 Å². The van der Waals surface area contributed by atoms with Crippen LogP contribution >= 0.6 is 24.0 Å². The highest BCUT2D eigenvalue weighted by Crippen LogP contribution is 2.08. The Kier molecular flexibility index (Phi) is 13.3. The molecule has 8 heteroatoms. The molecule has 2 aromatic rings. The number of nitrogens with one attached hydrogen (secondary N) is 2. The number of guanidine groups is 1. The number of aromatic nitrogens is 2. The lowest BCUT2D eigenvalue weighted by atomic mass is 10.1. The molecule has 0 aliphatic heterocycles. The monoisotopic (exact) mass is 514 g/mol. The number of hydrogen-bond acceptors (Lipinski definition) is 4. The van der Waals surface area contributed by atoms with Crippen molar-refractivity contribution < 1.29 is 4.74 Å². The van der Waals surface area contributed by atoms with E-state index in [4.69, 9.17) is 4.74 Å². The molecular weight excluding hydrogens is 479 g/mol. The minimum absolute atomic E-state index is 0. The van der Waals surface area contributed by atoms with Gasteiger partial charge < -0.3 is 20.3 Å². The van der Waals surface area contributed by atoms with Crippen LogP contribution in [0.5, 0.6) is 0 Å². The number of hydrogen-bond donors (Lipinski definition) is 2. The lowest BCUT2D eigenvalue weighted by molar-refractivity contribution is 0.180. The standard InChI is InChI=1S/C21H34N6O.HI/c1-4-22-21(24-14-17-26(2)15-6-18-28-3)23-13-11-19-7-9-20(10-8-19)27-16-5-12-25-27;/h5,7-10,12,16H,4,6,11,13-15,17-18H2,1-3H3,(H2,22,23,24);1H. The van der Waals surface area contributed by atoms with Crippen molar-refractivity contribution in [2.75, 3.05) is 53.5 Å². The van der Waals surface area contributed by atoms with Gasteiger partial charge in [0.05, 0.1) is 12.2 Å². The molecular formula is C21H35IN6O. The average Bonchev–Trinajstić information content (AvgIpc) is 3.23. The molecule has 1 aromatic heterocycles. The fourth-order valence-electron chi connectivity index (χ4n) is 2.83. The molecule has 0 saturated carbocycles. The van der Waals surface area contributed by atoms with Crippen molar-refractivity contribution >= 4 is 29.9 Å². The second-order valence-corrected chi connectivity index (χ2v) is 6.70. The number of ether oxygens (including phenoxy) is 1. The van der Waals surface area contributed by atoms with Crippen LogP contribution < -0.4 is 10.6 Å². The van der Waals surface area contributed by atoms with E-state index < -0.39 is 0 Å². The highest BCUT2D eigenvalue weighted by atomic mass is 127. The predicted octanol–water partition coefficient (Wildman–Crippen LogP) is 2.56. The van der Waals surface area contributed by atoms with Gasteiger partial charge in [0.2, 0.25) is 0 Å². The Morgan fingerprint density at radius 2 is 2.00 bits per heavy atom. The highest BCUT2D eigenvalue weighted by Gasteiger charge is 2.01. The van der Waals surface area contributed by atoms with Gasteiger partial charge in [-0.1, -0.05) is 12.1 Å². The third-order valence-corrected chi connectivity index (χ3v) is 4.40. The number of rotatable bonds is 12. The van der Waals surface area contributed by atoms with Crippen LogP contribution in [0.15, 0.2) is 47.7 Å². The SMILES string of the molecule is CCNC(=NCCN(C)CCCOC)NCCc1ccc(-n2cccn2)cc1.I. The second-order valence-electron chi connectivity index (χ2n) is 6.70. The molecule has 0 bridgehead atoms. The van der Waals surface area contributed by atoms with E-state index in [-0.39, 0.29) is 24.0 Å². The number of likely N-dealkylation sites (N-methyl/N-ethyl adjacent to an activating group) is 1. The smallest absolute Gasteiger partial charge is 0.191 e. The zero-order valence-corrected chi connectivity index (χ0v) is 20.1. The lowest BCUT2D eigenvalue weighted by Gasteiger charge is -2.16. The fraction of sp³-hybridized carbons (Fsp3) is 0.524. The topological polar surface area (TPSA) is 66.7 Å². The van der Waals surface area contributed by atoms with Gasteiger partial charge in [0.25, 0.3) is 0 Å². The van der Waals surface area contributed by atoms with Crippen LogP contribution in [0.25, 0.3) is 5.69 Å². The maximum absolute atomic E-state index is 5.09. The first-order chi connectivity index (χ1) is 13.7. The minimum Gasteiger partial charge on any atom is -0.385 e. The van der Waals surface area contributed by atoms with Gasteiger partial charge in [-0.3, -0.25) is 4.99 Å². The van der Waals surface area contributed by atoms with E-state index in [0.717, 1.165) is 63.8 Å². The summed E-state index contributed by atoms with van der Waals surface area (Å²) in [7, 11) is 3.87. The van der Waals surface area contributed by atoms with E-state index in [9.17, 15) is 0 Å². The number of nitrogens with zero attached hydrogens (tertiary/aromatic N) is 4. The van der Waals surface area contributed by atoms with Crippen LogP contribution in [0.2, 0.25) is 0 Å². The van der Waals surface area contributed by atoms with Crippen LogP contribution in [-0.2, 0) is 11.2 Å². The van der Waals surface area contributed by atoms with Gasteiger partial charge in [0, 0.05) is 52.3 Å². The molecule has 0 spiro atoms. The van der Waals surface area contributed by atoms with Gasteiger partial charge in [0.15, 0.2) is 5.96 Å². The van der Waals surface area contributed by atoms with Crippen molar-refractivity contribution in [2.45, 2.75) is 19.8 Å². The lowest BCUT2D eigenvalue weighted by Crippen LogP contribution is -2.39. The first-order valence-electron chi connectivity index (χ1n) is 10.0. The third kappa shape index (κ3) is 10.1. The first-order valence-corrected chi connectivity index (χ1v) is 10.0. The molecule has 1 heterocycles. The van der Waals surface area contributed by atoms with Crippen molar-refractivity contribution in [1.29, 1.82) is 0 Å². The fourth-order valence-corrected chi connectivity index (χ4v) is 2.83. The van der Waals surface area contributed by atoms with Gasteiger partial charge in [-0.15, -0.1) is 24.0 Å². The summed E-state index contributed by atoms with van der Waals surface area (Å²) in [6, 6.07) is 10.4. The quantitative estimate of drug-likeness (QED) is 0.197. The van der Waals surface area contributed by atoms with Gasteiger partial charge in [-0.05, 0) is 50.6 Å². The van der Waals surface area contributed by atoms with E-state index in [2.05, 4.69) is 63.9 Å². The van der Waals surface area contributed by atoms with E-state index in [0.29, 0.717) is 0 Å². The normalized spacial score (nSPS) is 11.4. The summed E-state index contributed by atoms with van der Waals surface area (Å²) >= 11 is 0. The van der Waals surface area contributed by atoms with Crippen LogP contribution in [0.4, 0.5) is 0 Å². The maximum Gasteiger partial charge on any atom is 0.191 e. The van der Waals surface area contributed by atoms with Crippen LogP contribution in [-0.4, -0.2) is 74.1 Å². The Morgan fingerprint density at radius 1 is 1.21 bits per heavy atom. The molecule has 0 saturated heterocycles. The average molecular weight is 514 g/mol. The summed E-state index contributed by atoms with van der Waals surface area (Å²) in [6.07, 6.45) is 5.73. The number of aliphatic imine (C=N–C) groups is 1. The van der Waals surface area contributed by atoms with Crippen molar-refractivity contribution in [2.24, 2.45) is 4.99 Å². The van der Waals surface area contributed by atoms with Crippen LogP contribution in [0.3, 0.4) is 0 Å². The van der Waals surface area contributed by atoms with Crippen molar-refractivity contribution in [3.63, 3.8) is 0 Å². The minimum atomic E-state index is 0. The van der Waals surface area contributed by atoms with Gasteiger partial charge in [0.1, 0.15) is 0 Å². The molecule has 0 aliphatic rings. The summed E-state index contributed by atoms with van der Waals surface area (Å²) in [6.45, 7) is 7.34. The molecule has 2 N–H and O–H groups in total. The summed E-state index contributed by atoms with van der Waals surface area (Å²) in [5, 5.41) is 11.0. The molecule has 1 aromatic carbocycles. The Hall–Kier alpha value is -1.65. The molecule has 7 nitrogen and oxygen atoms in total. The van der Waals surface area contributed by atoms with Gasteiger partial charge in [-0.2, -0.15) is 5.10 Å². The number of methoxy groups -OCH3 is 1. The Bertz CT molecular complexity index is 675. The molecule has 0 fully saturated rings. The van der Waals surface area contributed by atoms with E-state index >= 15 is 0 Å². The second kappa shape index (κ2) is 15.2. The van der Waals surface area contributed by atoms with Crippen molar-refractivity contribution in [3.05, 3.63) is 48.3 Å². The Labute approximate surface area is 191 Å². The Morgan fingerprint density at radius 3 is 2.66 bits per heavy atom. The van der Waals surface area contributed by atoms with Gasteiger partial charge >= 0.3 is 0 Å². The van der Waals surface area contributed by atoms with Gasteiger partial charge in [-0.25, -0.2) is 4.68 Å². The summed E-state index contributed by atoms with van der Waals surface area (Å²) < 4.78 is 6.96. The molecule has 0 atom stereocenters. The largest absolute Gasteiger partial charge is 0.385 e. The number of halogens is 1. The third-order valence-electron chi connectivity index (χ3n) is 4.40. The first kappa shape index (κ1) is 25.4. The maximum atomic E-state index is 5.09. The molecule has 29 heavy (non-hydrogen) atoms. The summed E-state index contributed by atoms with van der Waals surface area (Å²) in [4.78, 5) is 6.96. The summed E-state index contributed by atoms with van der Waals surface area (Å²) in [5.41, 5.74) is 2.36. The van der Waals surface area contributed by atoms with E-state index in [1.54, 1.807) is 13.3 Å². The summed E-state index contributed by atoms with van der Waals surface area (Å²) in [5.74, 6) is 0.876. The zero-order chi connectivity index (χ0) is 20.0. The molecule has 162 valence electrons. The van der Waals surface area contributed by atoms with E-state index in [1.165, 1.54) is 5.56 Å². The van der Waals surface area contributed by atoms with Crippen LogP contribution in [0, 0.1) is 0 Å². The highest BCUT2D eigenvalue weighted by molar-refractivity contribution is 14.0. The van der Waals surface area contributed by atoms with Crippen molar-refractivity contribution in [1.82, 2.24) is 25.3 Å². The molecule has 0 amide bonds. The Balaban J connectivity index is 0.00000420. The molecule has 0 unspecified atom stereocenters. The molecule has 0 aliphatic carbocycles. The number of benzene rings is 1. The molecule has 0 radical (unpaired) electrons. The zero-order valence-electron chi connectivity index (χ0n) is 17.8. The predicted molar refractivity (Wildman–Crippen MR) is 131 cm³/mol. The molecule has 2 rings (SSSR count).